The molecule has 4 heteroatoms. The predicted molar refractivity (Wildman–Crippen MR) is 82.9 cm³/mol. The van der Waals surface area contributed by atoms with Crippen LogP contribution in [0.5, 0.6) is 0 Å². The Morgan fingerprint density at radius 1 is 1.40 bits per heavy atom. The SMILES string of the molecule is C[C@H]1CCc2c(c(SCC(N)=O)nc3ccccc23)C1. The molecule has 1 aliphatic carbocycles. The van der Waals surface area contributed by atoms with Gasteiger partial charge in [0.15, 0.2) is 0 Å². The molecule has 104 valence electrons. The quantitative estimate of drug-likeness (QED) is 0.883. The van der Waals surface area contributed by atoms with Crippen LogP contribution >= 0.6 is 11.8 Å². The Balaban J connectivity index is 2.13. The molecule has 0 radical (unpaired) electrons. The number of benzene rings is 1. The Morgan fingerprint density at radius 2 is 2.20 bits per heavy atom. The highest BCUT2D eigenvalue weighted by atomic mass is 32.2. The minimum absolute atomic E-state index is 0.289. The minimum atomic E-state index is -0.289. The van der Waals surface area contributed by atoms with Crippen LogP contribution in [-0.4, -0.2) is 16.6 Å². The number of para-hydroxylation sites is 1. The number of amides is 1. The number of rotatable bonds is 3. The molecule has 0 spiro atoms. The van der Waals surface area contributed by atoms with Crippen molar-refractivity contribution in [2.45, 2.75) is 31.2 Å². The van der Waals surface area contributed by atoms with Crippen molar-refractivity contribution in [3.05, 3.63) is 35.4 Å². The fraction of sp³-hybridized carbons (Fsp3) is 0.375. The van der Waals surface area contributed by atoms with Crippen LogP contribution in [0.25, 0.3) is 10.9 Å². The number of primary amides is 1. The van der Waals surface area contributed by atoms with E-state index in [4.69, 9.17) is 10.7 Å². The number of carbonyl (C=O) groups excluding carboxylic acids is 1. The molecule has 1 aliphatic rings. The van der Waals surface area contributed by atoms with Gasteiger partial charge in [-0.1, -0.05) is 36.9 Å². The number of nitrogens with two attached hydrogens (primary N) is 1. The van der Waals surface area contributed by atoms with Crippen molar-refractivity contribution < 1.29 is 4.79 Å². The van der Waals surface area contributed by atoms with E-state index >= 15 is 0 Å². The molecular weight excluding hydrogens is 268 g/mol. The van der Waals surface area contributed by atoms with E-state index in [9.17, 15) is 4.79 Å². The number of nitrogens with zero attached hydrogens (tertiary/aromatic N) is 1. The van der Waals surface area contributed by atoms with Crippen molar-refractivity contribution in [2.24, 2.45) is 11.7 Å². The number of pyridine rings is 1. The molecule has 1 aromatic carbocycles. The lowest BCUT2D eigenvalue weighted by Gasteiger charge is -2.24. The molecule has 2 N–H and O–H groups in total. The third-order valence-corrected chi connectivity index (χ3v) is 4.90. The van der Waals surface area contributed by atoms with Crippen LogP contribution in [0.2, 0.25) is 0 Å². The van der Waals surface area contributed by atoms with E-state index in [2.05, 4.69) is 19.1 Å². The Morgan fingerprint density at radius 3 is 3.00 bits per heavy atom. The van der Waals surface area contributed by atoms with Crippen molar-refractivity contribution in [3.63, 3.8) is 0 Å². The zero-order valence-electron chi connectivity index (χ0n) is 11.6. The normalized spacial score (nSPS) is 17.9. The van der Waals surface area contributed by atoms with Gasteiger partial charge in [0.2, 0.25) is 5.91 Å². The van der Waals surface area contributed by atoms with Crippen LogP contribution in [0.1, 0.15) is 24.5 Å². The molecule has 1 heterocycles. The first kappa shape index (κ1) is 13.4. The standard InChI is InChI=1S/C16H18N2OS/c1-10-6-7-11-12-4-2-3-5-14(12)18-16(13(11)8-10)20-9-15(17)19/h2-5,10H,6-9H2,1H3,(H2,17,19)/t10-/m0/s1. The molecule has 0 bridgehead atoms. The van der Waals surface area contributed by atoms with E-state index in [1.54, 1.807) is 0 Å². The fourth-order valence-corrected chi connectivity index (χ4v) is 3.71. The van der Waals surface area contributed by atoms with Crippen LogP contribution < -0.4 is 5.73 Å². The molecule has 0 saturated carbocycles. The number of thioether (sulfide) groups is 1. The summed E-state index contributed by atoms with van der Waals surface area (Å²) < 4.78 is 0. The van der Waals surface area contributed by atoms with Crippen molar-refractivity contribution >= 4 is 28.6 Å². The van der Waals surface area contributed by atoms with Crippen LogP contribution in [0.15, 0.2) is 29.3 Å². The highest BCUT2D eigenvalue weighted by Crippen LogP contribution is 2.36. The summed E-state index contributed by atoms with van der Waals surface area (Å²) in [6.07, 6.45) is 3.37. The number of fused-ring (bicyclic) bond motifs is 3. The molecule has 20 heavy (non-hydrogen) atoms. The van der Waals surface area contributed by atoms with Gasteiger partial charge >= 0.3 is 0 Å². The summed E-state index contributed by atoms with van der Waals surface area (Å²) in [4.78, 5) is 15.8. The van der Waals surface area contributed by atoms with Gasteiger partial charge in [-0.05, 0) is 42.4 Å². The Bertz CT molecular complexity index is 669. The highest BCUT2D eigenvalue weighted by molar-refractivity contribution is 7.99. The van der Waals surface area contributed by atoms with Crippen LogP contribution in [-0.2, 0) is 17.6 Å². The predicted octanol–water partition coefficient (Wildman–Crippen LogP) is 2.94. The molecule has 3 rings (SSSR count). The van der Waals surface area contributed by atoms with E-state index in [-0.39, 0.29) is 5.91 Å². The third-order valence-electron chi connectivity index (χ3n) is 3.86. The van der Waals surface area contributed by atoms with Crippen molar-refractivity contribution in [2.75, 3.05) is 5.75 Å². The van der Waals surface area contributed by atoms with Crippen LogP contribution in [0.4, 0.5) is 0 Å². The largest absolute Gasteiger partial charge is 0.369 e. The third kappa shape index (κ3) is 2.52. The second kappa shape index (κ2) is 5.44. The van der Waals surface area contributed by atoms with E-state index in [1.165, 1.54) is 34.7 Å². The lowest BCUT2D eigenvalue weighted by Crippen LogP contribution is -2.16. The summed E-state index contributed by atoms with van der Waals surface area (Å²) in [7, 11) is 0. The average Bonchev–Trinajstić information content (AvgIpc) is 2.44. The first-order valence-electron chi connectivity index (χ1n) is 6.96. The van der Waals surface area contributed by atoms with Gasteiger partial charge in [-0.2, -0.15) is 0 Å². The summed E-state index contributed by atoms with van der Waals surface area (Å²) in [5, 5.41) is 2.25. The smallest absolute Gasteiger partial charge is 0.227 e. The molecule has 1 aromatic heterocycles. The van der Waals surface area contributed by atoms with Gasteiger partial charge in [-0.3, -0.25) is 4.79 Å². The number of carbonyl (C=O) groups is 1. The van der Waals surface area contributed by atoms with Gasteiger partial charge in [0.25, 0.3) is 0 Å². The Hall–Kier alpha value is -1.55. The van der Waals surface area contributed by atoms with Gasteiger partial charge in [0.05, 0.1) is 11.3 Å². The molecule has 1 atom stereocenters. The minimum Gasteiger partial charge on any atom is -0.369 e. The fourth-order valence-electron chi connectivity index (χ4n) is 2.89. The molecule has 2 aromatic rings. The summed E-state index contributed by atoms with van der Waals surface area (Å²) >= 11 is 1.47. The van der Waals surface area contributed by atoms with E-state index in [0.717, 1.165) is 23.4 Å². The maximum absolute atomic E-state index is 11.0. The summed E-state index contributed by atoms with van der Waals surface area (Å²) in [5.74, 6) is 0.688. The van der Waals surface area contributed by atoms with Crippen LogP contribution in [0, 0.1) is 5.92 Å². The average molecular weight is 286 g/mol. The number of aromatic nitrogens is 1. The maximum Gasteiger partial charge on any atom is 0.227 e. The van der Waals surface area contributed by atoms with Gasteiger partial charge in [-0.25, -0.2) is 4.98 Å². The van der Waals surface area contributed by atoms with Gasteiger partial charge in [0.1, 0.15) is 5.03 Å². The monoisotopic (exact) mass is 286 g/mol. The number of hydrogen-bond acceptors (Lipinski definition) is 3. The first-order valence-corrected chi connectivity index (χ1v) is 7.95. The molecule has 0 saturated heterocycles. The maximum atomic E-state index is 11.0. The molecule has 0 aliphatic heterocycles. The van der Waals surface area contributed by atoms with Crippen molar-refractivity contribution in [3.8, 4) is 0 Å². The number of aryl methyl sites for hydroxylation is 1. The zero-order valence-corrected chi connectivity index (χ0v) is 12.4. The van der Waals surface area contributed by atoms with E-state index in [0.29, 0.717) is 11.7 Å². The van der Waals surface area contributed by atoms with E-state index in [1.807, 2.05) is 12.1 Å². The summed E-state index contributed by atoms with van der Waals surface area (Å²) in [5.41, 5.74) is 9.03. The summed E-state index contributed by atoms with van der Waals surface area (Å²) in [6, 6.07) is 8.27. The zero-order chi connectivity index (χ0) is 14.1. The Kier molecular flexibility index (Phi) is 3.66. The molecule has 1 amide bonds. The topological polar surface area (TPSA) is 56.0 Å². The molecular formula is C16H18N2OS. The van der Waals surface area contributed by atoms with Crippen molar-refractivity contribution in [1.82, 2.24) is 4.98 Å². The molecule has 0 fully saturated rings. The van der Waals surface area contributed by atoms with Crippen LogP contribution in [0.3, 0.4) is 0 Å². The second-order valence-corrected chi connectivity index (χ2v) is 6.46. The lowest BCUT2D eigenvalue weighted by molar-refractivity contribution is -0.115. The highest BCUT2D eigenvalue weighted by Gasteiger charge is 2.22. The number of hydrogen-bond donors (Lipinski definition) is 1. The van der Waals surface area contributed by atoms with E-state index < -0.39 is 0 Å². The van der Waals surface area contributed by atoms with Gasteiger partial charge in [-0.15, -0.1) is 0 Å². The lowest BCUT2D eigenvalue weighted by atomic mass is 9.84. The van der Waals surface area contributed by atoms with Gasteiger partial charge in [0, 0.05) is 5.39 Å². The molecule has 3 nitrogen and oxygen atoms in total. The first-order chi connectivity index (χ1) is 9.65. The van der Waals surface area contributed by atoms with Gasteiger partial charge < -0.3 is 5.73 Å². The summed E-state index contributed by atoms with van der Waals surface area (Å²) in [6.45, 7) is 2.28. The van der Waals surface area contributed by atoms with Crippen molar-refractivity contribution in [1.29, 1.82) is 0 Å². The Labute approximate surface area is 123 Å². The second-order valence-electron chi connectivity index (χ2n) is 5.49. The molecule has 0 unspecified atom stereocenters.